The molecule has 3 nitrogen and oxygen atoms in total. The minimum absolute atomic E-state index is 0.718. The molecule has 0 atom stereocenters. The summed E-state index contributed by atoms with van der Waals surface area (Å²) in [4.78, 5) is 8.39. The van der Waals surface area contributed by atoms with E-state index >= 15 is 0 Å². The molecule has 0 saturated heterocycles. The standard InChI is InChI=1S/C13H10N2O/c1-2-4-10(5-3-1)8-13-15-11-9-14-7-6-12(11)16-13/h1-7,9H,8H2. The first-order valence-corrected chi connectivity index (χ1v) is 5.15. The van der Waals surface area contributed by atoms with Gasteiger partial charge in [-0.2, -0.15) is 0 Å². The highest BCUT2D eigenvalue weighted by Gasteiger charge is 2.05. The zero-order chi connectivity index (χ0) is 10.8. The van der Waals surface area contributed by atoms with Crippen molar-refractivity contribution in [1.29, 1.82) is 0 Å². The van der Waals surface area contributed by atoms with Crippen molar-refractivity contribution in [3.8, 4) is 0 Å². The van der Waals surface area contributed by atoms with E-state index in [2.05, 4.69) is 22.1 Å². The molecule has 0 amide bonds. The molecule has 2 aromatic heterocycles. The Kier molecular flexibility index (Phi) is 2.14. The number of hydrogen-bond donors (Lipinski definition) is 0. The van der Waals surface area contributed by atoms with Crippen LogP contribution in [0.15, 0.2) is 53.2 Å². The lowest BCUT2D eigenvalue weighted by molar-refractivity contribution is 0.544. The van der Waals surface area contributed by atoms with Crippen LogP contribution in [0.4, 0.5) is 0 Å². The summed E-state index contributed by atoms with van der Waals surface area (Å²) in [7, 11) is 0. The molecule has 0 radical (unpaired) electrons. The van der Waals surface area contributed by atoms with Gasteiger partial charge in [0.05, 0.1) is 6.20 Å². The van der Waals surface area contributed by atoms with E-state index in [9.17, 15) is 0 Å². The van der Waals surface area contributed by atoms with Gasteiger partial charge in [-0.1, -0.05) is 30.3 Å². The SMILES string of the molecule is c1ccc(Cc2nc3cnccc3o2)cc1. The fourth-order valence-corrected chi connectivity index (χ4v) is 1.67. The first-order valence-electron chi connectivity index (χ1n) is 5.15. The highest BCUT2D eigenvalue weighted by Crippen LogP contribution is 2.16. The molecule has 0 bridgehead atoms. The number of hydrogen-bond acceptors (Lipinski definition) is 3. The molecule has 0 unspecified atom stereocenters. The smallest absolute Gasteiger partial charge is 0.199 e. The first kappa shape index (κ1) is 9.09. The molecule has 0 saturated carbocycles. The summed E-state index contributed by atoms with van der Waals surface area (Å²) >= 11 is 0. The zero-order valence-electron chi connectivity index (χ0n) is 8.63. The predicted molar refractivity (Wildman–Crippen MR) is 61.1 cm³/mol. The Balaban J connectivity index is 1.95. The average molecular weight is 210 g/mol. The van der Waals surface area contributed by atoms with E-state index < -0.39 is 0 Å². The number of nitrogens with zero attached hydrogens (tertiary/aromatic N) is 2. The Morgan fingerprint density at radius 1 is 1.06 bits per heavy atom. The van der Waals surface area contributed by atoms with Crippen LogP contribution in [-0.4, -0.2) is 9.97 Å². The van der Waals surface area contributed by atoms with Crippen molar-refractivity contribution >= 4 is 11.1 Å². The average Bonchev–Trinajstić information content (AvgIpc) is 2.72. The number of fused-ring (bicyclic) bond motifs is 1. The van der Waals surface area contributed by atoms with Gasteiger partial charge in [0.25, 0.3) is 0 Å². The summed E-state index contributed by atoms with van der Waals surface area (Å²) in [5, 5.41) is 0. The molecule has 0 aliphatic carbocycles. The van der Waals surface area contributed by atoms with Gasteiger partial charge in [-0.05, 0) is 5.56 Å². The molecule has 2 heterocycles. The van der Waals surface area contributed by atoms with E-state index in [0.717, 1.165) is 23.4 Å². The Morgan fingerprint density at radius 2 is 1.94 bits per heavy atom. The number of aromatic nitrogens is 2. The van der Waals surface area contributed by atoms with Crippen LogP contribution in [0.3, 0.4) is 0 Å². The third-order valence-corrected chi connectivity index (χ3v) is 2.43. The van der Waals surface area contributed by atoms with Crippen LogP contribution in [0.2, 0.25) is 0 Å². The van der Waals surface area contributed by atoms with Crippen LogP contribution in [-0.2, 0) is 6.42 Å². The molecule has 0 aliphatic heterocycles. The van der Waals surface area contributed by atoms with Crippen LogP contribution in [0.5, 0.6) is 0 Å². The minimum atomic E-state index is 0.718. The van der Waals surface area contributed by atoms with Crippen LogP contribution in [0.1, 0.15) is 11.5 Å². The predicted octanol–water partition coefficient (Wildman–Crippen LogP) is 2.81. The maximum atomic E-state index is 5.62. The van der Waals surface area contributed by atoms with Crippen LogP contribution < -0.4 is 0 Å². The van der Waals surface area contributed by atoms with E-state index in [-0.39, 0.29) is 0 Å². The van der Waals surface area contributed by atoms with Gasteiger partial charge in [-0.3, -0.25) is 4.98 Å². The lowest BCUT2D eigenvalue weighted by atomic mass is 10.1. The Morgan fingerprint density at radius 3 is 2.75 bits per heavy atom. The molecule has 0 spiro atoms. The lowest BCUT2D eigenvalue weighted by Gasteiger charge is -1.94. The van der Waals surface area contributed by atoms with Gasteiger partial charge in [-0.25, -0.2) is 4.98 Å². The van der Waals surface area contributed by atoms with E-state index in [0.29, 0.717) is 0 Å². The molecule has 3 rings (SSSR count). The van der Waals surface area contributed by atoms with Crippen molar-refractivity contribution in [3.05, 3.63) is 60.2 Å². The molecular formula is C13H10N2O. The van der Waals surface area contributed by atoms with Gasteiger partial charge in [0, 0.05) is 18.7 Å². The summed E-state index contributed by atoms with van der Waals surface area (Å²) in [5.41, 5.74) is 2.80. The fraction of sp³-hybridized carbons (Fsp3) is 0.0769. The van der Waals surface area contributed by atoms with Gasteiger partial charge < -0.3 is 4.42 Å². The van der Waals surface area contributed by atoms with E-state index in [1.165, 1.54) is 5.56 Å². The quantitative estimate of drug-likeness (QED) is 0.652. The molecule has 0 aliphatic rings. The highest BCUT2D eigenvalue weighted by atomic mass is 16.3. The lowest BCUT2D eigenvalue weighted by Crippen LogP contribution is -1.86. The van der Waals surface area contributed by atoms with Gasteiger partial charge in [0.1, 0.15) is 5.52 Å². The second-order valence-electron chi connectivity index (χ2n) is 3.61. The monoisotopic (exact) mass is 210 g/mol. The van der Waals surface area contributed by atoms with Crippen molar-refractivity contribution in [2.45, 2.75) is 6.42 Å². The number of benzene rings is 1. The molecule has 3 aromatic rings. The van der Waals surface area contributed by atoms with Crippen molar-refractivity contribution in [2.75, 3.05) is 0 Å². The van der Waals surface area contributed by atoms with Crippen molar-refractivity contribution < 1.29 is 4.42 Å². The van der Waals surface area contributed by atoms with Gasteiger partial charge >= 0.3 is 0 Å². The molecular weight excluding hydrogens is 200 g/mol. The Hall–Kier alpha value is -2.16. The van der Waals surface area contributed by atoms with Crippen LogP contribution in [0.25, 0.3) is 11.1 Å². The number of pyridine rings is 1. The maximum Gasteiger partial charge on any atom is 0.199 e. The zero-order valence-corrected chi connectivity index (χ0v) is 8.63. The molecule has 0 N–H and O–H groups in total. The molecule has 3 heteroatoms. The van der Waals surface area contributed by atoms with Gasteiger partial charge in [0.15, 0.2) is 11.5 Å². The molecule has 78 valence electrons. The van der Waals surface area contributed by atoms with E-state index in [4.69, 9.17) is 4.42 Å². The normalized spacial score (nSPS) is 10.8. The topological polar surface area (TPSA) is 38.9 Å². The van der Waals surface area contributed by atoms with Crippen LogP contribution >= 0.6 is 0 Å². The van der Waals surface area contributed by atoms with Crippen molar-refractivity contribution in [3.63, 3.8) is 0 Å². The summed E-state index contributed by atoms with van der Waals surface area (Å²) in [6, 6.07) is 12.0. The third kappa shape index (κ3) is 1.67. The summed E-state index contributed by atoms with van der Waals surface area (Å²) in [5.74, 6) is 0.731. The second kappa shape index (κ2) is 3.77. The minimum Gasteiger partial charge on any atom is -0.440 e. The highest BCUT2D eigenvalue weighted by molar-refractivity contribution is 5.70. The van der Waals surface area contributed by atoms with Crippen LogP contribution in [0, 0.1) is 0 Å². The molecule has 16 heavy (non-hydrogen) atoms. The number of rotatable bonds is 2. The van der Waals surface area contributed by atoms with E-state index in [1.807, 2.05) is 24.3 Å². The van der Waals surface area contributed by atoms with Crippen molar-refractivity contribution in [2.24, 2.45) is 0 Å². The van der Waals surface area contributed by atoms with Crippen molar-refractivity contribution in [1.82, 2.24) is 9.97 Å². The fourth-order valence-electron chi connectivity index (χ4n) is 1.67. The summed E-state index contributed by atoms with van der Waals surface area (Å²) in [6.45, 7) is 0. The third-order valence-electron chi connectivity index (χ3n) is 2.43. The number of oxazole rings is 1. The van der Waals surface area contributed by atoms with E-state index in [1.54, 1.807) is 12.4 Å². The summed E-state index contributed by atoms with van der Waals surface area (Å²) in [6.07, 6.45) is 4.14. The Bertz CT molecular complexity index is 568. The molecule has 0 fully saturated rings. The maximum absolute atomic E-state index is 5.62. The van der Waals surface area contributed by atoms with Gasteiger partial charge in [-0.15, -0.1) is 0 Å². The summed E-state index contributed by atoms with van der Waals surface area (Å²) < 4.78 is 5.62. The first-order chi connectivity index (χ1) is 7.92. The second-order valence-corrected chi connectivity index (χ2v) is 3.61. The Labute approximate surface area is 92.8 Å². The molecule has 1 aromatic carbocycles. The largest absolute Gasteiger partial charge is 0.440 e. The van der Waals surface area contributed by atoms with Gasteiger partial charge in [0.2, 0.25) is 0 Å².